The minimum Gasteiger partial charge on any atom is -0.372 e. The van der Waals surface area contributed by atoms with Crippen LogP contribution in [0.4, 0.5) is 11.4 Å². The number of anilines is 2. The molecule has 1 fully saturated rings. The molecule has 0 aliphatic carbocycles. The summed E-state index contributed by atoms with van der Waals surface area (Å²) in [5.74, 6) is 0.729. The number of aryl methyl sites for hydroxylation is 1. The molecule has 1 saturated heterocycles. The van der Waals surface area contributed by atoms with Crippen LogP contribution in [0.15, 0.2) is 42.5 Å². The first-order chi connectivity index (χ1) is 16.1. The molecule has 7 heteroatoms. The lowest BCUT2D eigenvalue weighted by molar-refractivity contribution is -0.121. The van der Waals surface area contributed by atoms with Gasteiger partial charge in [-0.1, -0.05) is 31.2 Å². The number of benzene rings is 2. The minimum absolute atomic E-state index is 0.0731. The van der Waals surface area contributed by atoms with Gasteiger partial charge in [-0.05, 0) is 80.8 Å². The molecule has 0 saturated carbocycles. The maximum atomic E-state index is 12.6. The van der Waals surface area contributed by atoms with Crippen molar-refractivity contribution in [3.63, 3.8) is 0 Å². The molecule has 1 atom stereocenters. The fourth-order valence-corrected chi connectivity index (χ4v) is 5.51. The number of nitrogens with one attached hydrogen (secondary N) is 1. The summed E-state index contributed by atoms with van der Waals surface area (Å²) in [6.45, 7) is 10.6. The summed E-state index contributed by atoms with van der Waals surface area (Å²) >= 11 is 0. The molecule has 1 aliphatic rings. The summed E-state index contributed by atoms with van der Waals surface area (Å²) in [4.78, 5) is 15.0. The average molecular weight is 486 g/mol. The smallest absolute Gasteiger partial charge is 0.232 e. The second kappa shape index (κ2) is 11.3. The quantitative estimate of drug-likeness (QED) is 0.545. The van der Waals surface area contributed by atoms with Crippen LogP contribution in [-0.2, 0) is 14.8 Å². The zero-order valence-corrected chi connectivity index (χ0v) is 22.0. The van der Waals surface area contributed by atoms with Crippen molar-refractivity contribution in [1.29, 1.82) is 0 Å². The number of amides is 1. The lowest BCUT2D eigenvalue weighted by Gasteiger charge is -2.32. The van der Waals surface area contributed by atoms with Crippen LogP contribution in [0, 0.1) is 19.8 Å². The van der Waals surface area contributed by atoms with Gasteiger partial charge in [-0.2, -0.15) is 0 Å². The van der Waals surface area contributed by atoms with Gasteiger partial charge in [-0.25, -0.2) is 8.42 Å². The van der Waals surface area contributed by atoms with E-state index >= 15 is 0 Å². The van der Waals surface area contributed by atoms with Gasteiger partial charge in [0.15, 0.2) is 0 Å². The Morgan fingerprint density at radius 2 is 1.76 bits per heavy atom. The second-order valence-electron chi connectivity index (χ2n) is 9.71. The predicted molar refractivity (Wildman–Crippen MR) is 141 cm³/mol. The summed E-state index contributed by atoms with van der Waals surface area (Å²) in [5.41, 5.74) is 4.96. The SMILES string of the molecule is Cc1cccc(N(CCCC(=O)N[C@H](C)c2ccc(N3CCC(C)CC3)cc2)S(C)(=O)=O)c1C. The first-order valence-corrected chi connectivity index (χ1v) is 14.1. The summed E-state index contributed by atoms with van der Waals surface area (Å²) < 4.78 is 26.2. The molecular weight excluding hydrogens is 446 g/mol. The molecule has 0 bridgehead atoms. The number of carbonyl (C=O) groups is 1. The molecule has 1 aliphatic heterocycles. The Bertz CT molecular complexity index is 1070. The van der Waals surface area contributed by atoms with Gasteiger partial charge >= 0.3 is 0 Å². The normalized spacial score (nSPS) is 15.7. The minimum atomic E-state index is -3.44. The molecule has 186 valence electrons. The van der Waals surface area contributed by atoms with Gasteiger partial charge in [0.05, 0.1) is 18.0 Å². The Kier molecular flexibility index (Phi) is 8.63. The number of sulfonamides is 1. The van der Waals surface area contributed by atoms with Crippen molar-refractivity contribution in [2.45, 2.75) is 59.4 Å². The van der Waals surface area contributed by atoms with E-state index < -0.39 is 10.0 Å². The lowest BCUT2D eigenvalue weighted by Crippen LogP contribution is -2.33. The topological polar surface area (TPSA) is 69.7 Å². The van der Waals surface area contributed by atoms with E-state index in [0.717, 1.165) is 35.7 Å². The van der Waals surface area contributed by atoms with E-state index in [9.17, 15) is 13.2 Å². The summed E-state index contributed by atoms with van der Waals surface area (Å²) in [7, 11) is -3.44. The van der Waals surface area contributed by atoms with Gasteiger partial charge in [0.25, 0.3) is 0 Å². The number of rotatable bonds is 9. The highest BCUT2D eigenvalue weighted by Gasteiger charge is 2.20. The molecule has 1 heterocycles. The van der Waals surface area contributed by atoms with Crippen LogP contribution in [-0.4, -0.2) is 40.2 Å². The monoisotopic (exact) mass is 485 g/mol. The standard InChI is InChI=1S/C27H39N3O3S/c1-20-15-18-29(19-16-20)25-13-11-24(12-14-25)23(4)28-27(31)10-7-17-30(34(5,32)33)26-9-6-8-21(2)22(26)3/h6,8-9,11-14,20,23H,7,10,15-19H2,1-5H3,(H,28,31)/t23-/m1/s1. The summed E-state index contributed by atoms with van der Waals surface area (Å²) in [6, 6.07) is 14.0. The van der Waals surface area contributed by atoms with E-state index in [-0.39, 0.29) is 24.9 Å². The van der Waals surface area contributed by atoms with Crippen molar-refractivity contribution < 1.29 is 13.2 Å². The number of hydrogen-bond acceptors (Lipinski definition) is 4. The Labute approximate surface area is 205 Å². The predicted octanol–water partition coefficient (Wildman–Crippen LogP) is 4.96. The Hall–Kier alpha value is -2.54. The van der Waals surface area contributed by atoms with E-state index in [1.807, 2.05) is 39.0 Å². The largest absolute Gasteiger partial charge is 0.372 e. The highest BCUT2D eigenvalue weighted by molar-refractivity contribution is 7.92. The van der Waals surface area contributed by atoms with E-state index in [1.54, 1.807) is 0 Å². The van der Waals surface area contributed by atoms with Gasteiger partial charge < -0.3 is 10.2 Å². The summed E-state index contributed by atoms with van der Waals surface area (Å²) in [5, 5.41) is 3.05. The van der Waals surface area contributed by atoms with Gasteiger partial charge in [0.2, 0.25) is 15.9 Å². The Morgan fingerprint density at radius 3 is 2.38 bits per heavy atom. The molecule has 2 aromatic carbocycles. The number of hydrogen-bond donors (Lipinski definition) is 1. The van der Waals surface area contributed by atoms with Crippen molar-refractivity contribution >= 4 is 27.3 Å². The van der Waals surface area contributed by atoms with Crippen molar-refractivity contribution in [3.8, 4) is 0 Å². The molecule has 1 N–H and O–H groups in total. The fraction of sp³-hybridized carbons (Fsp3) is 0.519. The van der Waals surface area contributed by atoms with Crippen LogP contribution in [0.3, 0.4) is 0 Å². The molecule has 0 unspecified atom stereocenters. The summed E-state index contributed by atoms with van der Waals surface area (Å²) in [6.07, 6.45) is 4.39. The number of piperidine rings is 1. The first-order valence-electron chi connectivity index (χ1n) is 12.2. The molecule has 0 spiro atoms. The van der Waals surface area contributed by atoms with Crippen molar-refractivity contribution in [2.75, 3.05) is 35.1 Å². The van der Waals surface area contributed by atoms with Crippen LogP contribution >= 0.6 is 0 Å². The molecule has 0 aromatic heterocycles. The van der Waals surface area contributed by atoms with Crippen LogP contribution in [0.25, 0.3) is 0 Å². The Morgan fingerprint density at radius 1 is 1.12 bits per heavy atom. The molecule has 1 amide bonds. The average Bonchev–Trinajstić information content (AvgIpc) is 2.79. The van der Waals surface area contributed by atoms with Crippen molar-refractivity contribution in [3.05, 3.63) is 59.2 Å². The third-order valence-corrected chi connectivity index (χ3v) is 8.11. The maximum absolute atomic E-state index is 12.6. The highest BCUT2D eigenvalue weighted by Crippen LogP contribution is 2.26. The van der Waals surface area contributed by atoms with Crippen molar-refractivity contribution in [1.82, 2.24) is 5.32 Å². The van der Waals surface area contributed by atoms with Gasteiger partial charge in [-0.15, -0.1) is 0 Å². The van der Waals surface area contributed by atoms with Gasteiger partial charge in [-0.3, -0.25) is 9.10 Å². The molecule has 6 nitrogen and oxygen atoms in total. The van der Waals surface area contributed by atoms with E-state index in [2.05, 4.69) is 41.4 Å². The van der Waals surface area contributed by atoms with Crippen molar-refractivity contribution in [2.24, 2.45) is 5.92 Å². The third kappa shape index (κ3) is 6.75. The van der Waals surface area contributed by atoms with E-state index in [1.165, 1.54) is 29.1 Å². The molecule has 3 rings (SSSR count). The van der Waals surface area contributed by atoms with Crippen LogP contribution in [0.2, 0.25) is 0 Å². The highest BCUT2D eigenvalue weighted by atomic mass is 32.2. The van der Waals surface area contributed by atoms with E-state index in [4.69, 9.17) is 0 Å². The number of nitrogens with zero attached hydrogens (tertiary/aromatic N) is 2. The zero-order valence-electron chi connectivity index (χ0n) is 21.2. The molecule has 34 heavy (non-hydrogen) atoms. The number of carbonyl (C=O) groups excluding carboxylic acids is 1. The second-order valence-corrected chi connectivity index (χ2v) is 11.6. The fourth-order valence-electron chi connectivity index (χ4n) is 4.49. The first kappa shape index (κ1) is 26.1. The van der Waals surface area contributed by atoms with Crippen LogP contribution in [0.1, 0.15) is 62.3 Å². The zero-order chi connectivity index (χ0) is 24.9. The third-order valence-electron chi connectivity index (χ3n) is 6.93. The molecule has 0 radical (unpaired) electrons. The van der Waals surface area contributed by atoms with Gasteiger partial charge in [0, 0.05) is 31.7 Å². The molecular formula is C27H39N3O3S. The van der Waals surface area contributed by atoms with Crippen LogP contribution < -0.4 is 14.5 Å². The molecule has 2 aromatic rings. The van der Waals surface area contributed by atoms with Gasteiger partial charge in [0.1, 0.15) is 0 Å². The Balaban J connectivity index is 1.53. The lowest BCUT2D eigenvalue weighted by atomic mass is 9.98. The maximum Gasteiger partial charge on any atom is 0.232 e. The van der Waals surface area contributed by atoms with Crippen LogP contribution in [0.5, 0.6) is 0 Å². The van der Waals surface area contributed by atoms with E-state index in [0.29, 0.717) is 12.1 Å².